The SMILES string of the molecule is CCN(CC)CCC(=O)Nc1cc(S(=O)(=O)N2CCOCC2)ccc1OC. The summed E-state index contributed by atoms with van der Waals surface area (Å²) in [5.41, 5.74) is 0.358. The lowest BCUT2D eigenvalue weighted by molar-refractivity contribution is -0.116. The van der Waals surface area contributed by atoms with Gasteiger partial charge >= 0.3 is 0 Å². The number of amides is 1. The number of morpholine rings is 1. The van der Waals surface area contributed by atoms with Crippen LogP contribution < -0.4 is 10.1 Å². The van der Waals surface area contributed by atoms with Gasteiger partial charge in [0, 0.05) is 26.1 Å². The van der Waals surface area contributed by atoms with Crippen molar-refractivity contribution in [3.05, 3.63) is 18.2 Å². The number of hydrogen-bond donors (Lipinski definition) is 1. The van der Waals surface area contributed by atoms with Crippen molar-refractivity contribution in [3.8, 4) is 5.75 Å². The Kier molecular flexibility index (Phi) is 8.03. The van der Waals surface area contributed by atoms with Crippen molar-refractivity contribution in [1.29, 1.82) is 0 Å². The molecule has 152 valence electrons. The van der Waals surface area contributed by atoms with E-state index in [0.717, 1.165) is 13.1 Å². The Morgan fingerprint density at radius 3 is 2.52 bits per heavy atom. The molecule has 0 aliphatic carbocycles. The molecule has 9 heteroatoms. The number of nitrogens with zero attached hydrogens (tertiary/aromatic N) is 2. The van der Waals surface area contributed by atoms with Gasteiger partial charge in [0.05, 0.1) is 30.9 Å². The summed E-state index contributed by atoms with van der Waals surface area (Å²) < 4.78 is 37.5. The van der Waals surface area contributed by atoms with Crippen molar-refractivity contribution in [1.82, 2.24) is 9.21 Å². The first kappa shape index (κ1) is 21.6. The number of hydrogen-bond acceptors (Lipinski definition) is 6. The Labute approximate surface area is 161 Å². The van der Waals surface area contributed by atoms with Gasteiger partial charge in [-0.1, -0.05) is 13.8 Å². The zero-order chi connectivity index (χ0) is 19.9. The predicted molar refractivity (Wildman–Crippen MR) is 104 cm³/mol. The second-order valence-electron chi connectivity index (χ2n) is 6.20. The molecule has 1 amide bonds. The molecule has 0 saturated carbocycles. The molecule has 2 rings (SSSR count). The molecule has 1 N–H and O–H groups in total. The predicted octanol–water partition coefficient (Wildman–Crippen LogP) is 1.39. The van der Waals surface area contributed by atoms with E-state index in [4.69, 9.17) is 9.47 Å². The lowest BCUT2D eigenvalue weighted by atomic mass is 10.2. The van der Waals surface area contributed by atoms with Gasteiger partial charge in [0.25, 0.3) is 0 Å². The van der Waals surface area contributed by atoms with Crippen LogP contribution in [0.25, 0.3) is 0 Å². The van der Waals surface area contributed by atoms with E-state index in [1.54, 1.807) is 6.07 Å². The largest absolute Gasteiger partial charge is 0.495 e. The molecule has 0 atom stereocenters. The number of methoxy groups -OCH3 is 1. The molecule has 0 aromatic heterocycles. The van der Waals surface area contributed by atoms with Gasteiger partial charge in [-0.25, -0.2) is 8.42 Å². The average molecular weight is 400 g/mol. The molecule has 8 nitrogen and oxygen atoms in total. The lowest BCUT2D eigenvalue weighted by Crippen LogP contribution is -2.40. The summed E-state index contributed by atoms with van der Waals surface area (Å²) in [5, 5.41) is 2.78. The van der Waals surface area contributed by atoms with Gasteiger partial charge in [0.1, 0.15) is 5.75 Å². The van der Waals surface area contributed by atoms with E-state index in [-0.39, 0.29) is 10.8 Å². The van der Waals surface area contributed by atoms with Crippen LogP contribution >= 0.6 is 0 Å². The zero-order valence-electron chi connectivity index (χ0n) is 16.2. The van der Waals surface area contributed by atoms with Crippen LogP contribution in [0.15, 0.2) is 23.1 Å². The van der Waals surface area contributed by atoms with Crippen molar-refractivity contribution in [2.24, 2.45) is 0 Å². The van der Waals surface area contributed by atoms with Crippen LogP contribution in [0.5, 0.6) is 5.75 Å². The summed E-state index contributed by atoms with van der Waals surface area (Å²) in [6, 6.07) is 4.52. The molecule has 0 bridgehead atoms. The normalized spacial score (nSPS) is 15.7. The molecule has 27 heavy (non-hydrogen) atoms. The molecule has 0 unspecified atom stereocenters. The maximum absolute atomic E-state index is 12.8. The fourth-order valence-electron chi connectivity index (χ4n) is 2.89. The third kappa shape index (κ3) is 5.65. The van der Waals surface area contributed by atoms with Gasteiger partial charge in [-0.3, -0.25) is 4.79 Å². The molecule has 0 radical (unpaired) electrons. The van der Waals surface area contributed by atoms with Crippen molar-refractivity contribution in [2.45, 2.75) is 25.2 Å². The summed E-state index contributed by atoms with van der Waals surface area (Å²) in [6.07, 6.45) is 0.325. The van der Waals surface area contributed by atoms with Crippen molar-refractivity contribution in [3.63, 3.8) is 0 Å². The van der Waals surface area contributed by atoms with Crippen molar-refractivity contribution >= 4 is 21.6 Å². The fraction of sp³-hybridized carbons (Fsp3) is 0.611. The van der Waals surface area contributed by atoms with Crippen LogP contribution in [-0.2, 0) is 19.6 Å². The maximum Gasteiger partial charge on any atom is 0.243 e. The molecule has 1 aromatic carbocycles. The molecule has 0 spiro atoms. The Hall–Kier alpha value is -1.68. The molecule has 1 heterocycles. The first-order valence-electron chi connectivity index (χ1n) is 9.20. The summed E-state index contributed by atoms with van der Waals surface area (Å²) in [6.45, 7) is 7.89. The van der Waals surface area contributed by atoms with Crippen LogP contribution in [0.4, 0.5) is 5.69 Å². The van der Waals surface area contributed by atoms with Gasteiger partial charge in [0.15, 0.2) is 0 Å². The summed E-state index contributed by atoms with van der Waals surface area (Å²) in [4.78, 5) is 14.6. The minimum atomic E-state index is -3.64. The number of carbonyl (C=O) groups is 1. The topological polar surface area (TPSA) is 88.2 Å². The number of ether oxygens (including phenoxy) is 2. The monoisotopic (exact) mass is 399 g/mol. The Morgan fingerprint density at radius 1 is 1.26 bits per heavy atom. The van der Waals surface area contributed by atoms with E-state index in [1.807, 2.05) is 13.8 Å². The van der Waals surface area contributed by atoms with E-state index >= 15 is 0 Å². The van der Waals surface area contributed by atoms with E-state index < -0.39 is 10.0 Å². The summed E-state index contributed by atoms with van der Waals surface area (Å²) in [7, 11) is -2.16. The van der Waals surface area contributed by atoms with Crippen LogP contribution in [0.3, 0.4) is 0 Å². The molecule has 1 aliphatic rings. The van der Waals surface area contributed by atoms with Crippen LogP contribution in [0.2, 0.25) is 0 Å². The third-order valence-corrected chi connectivity index (χ3v) is 6.50. The molecule has 1 fully saturated rings. The summed E-state index contributed by atoms with van der Waals surface area (Å²) in [5.74, 6) is 0.244. The first-order chi connectivity index (χ1) is 12.9. The maximum atomic E-state index is 12.8. The number of benzene rings is 1. The number of rotatable bonds is 9. The fourth-order valence-corrected chi connectivity index (χ4v) is 4.33. The second kappa shape index (κ2) is 10.0. The molecular weight excluding hydrogens is 370 g/mol. The van der Waals surface area contributed by atoms with Crippen molar-refractivity contribution in [2.75, 3.05) is 58.4 Å². The molecule has 1 saturated heterocycles. The highest BCUT2D eigenvalue weighted by Gasteiger charge is 2.27. The van der Waals surface area contributed by atoms with Gasteiger partial charge in [0.2, 0.25) is 15.9 Å². The first-order valence-corrected chi connectivity index (χ1v) is 10.6. The van der Waals surface area contributed by atoms with Crippen LogP contribution in [0, 0.1) is 0 Å². The average Bonchev–Trinajstić information content (AvgIpc) is 2.69. The minimum Gasteiger partial charge on any atom is -0.495 e. The van der Waals surface area contributed by atoms with Gasteiger partial charge in [-0.2, -0.15) is 4.31 Å². The molecular formula is C18H29N3O5S. The smallest absolute Gasteiger partial charge is 0.243 e. The Bertz CT molecular complexity index is 729. The second-order valence-corrected chi connectivity index (χ2v) is 8.14. The number of carbonyl (C=O) groups excluding carboxylic acids is 1. The highest BCUT2D eigenvalue weighted by Crippen LogP contribution is 2.29. The van der Waals surface area contributed by atoms with Crippen LogP contribution in [0.1, 0.15) is 20.3 Å². The zero-order valence-corrected chi connectivity index (χ0v) is 17.0. The number of nitrogens with one attached hydrogen (secondary N) is 1. The van der Waals surface area contributed by atoms with E-state index in [0.29, 0.717) is 50.7 Å². The highest BCUT2D eigenvalue weighted by molar-refractivity contribution is 7.89. The number of sulfonamides is 1. The van der Waals surface area contributed by atoms with Crippen molar-refractivity contribution < 1.29 is 22.7 Å². The minimum absolute atomic E-state index is 0.129. The Morgan fingerprint density at radius 2 is 1.93 bits per heavy atom. The van der Waals surface area contributed by atoms with Gasteiger partial charge in [-0.15, -0.1) is 0 Å². The number of anilines is 1. The van der Waals surface area contributed by atoms with E-state index in [9.17, 15) is 13.2 Å². The quantitative estimate of drug-likeness (QED) is 0.675. The Balaban J connectivity index is 2.16. The van der Waals surface area contributed by atoms with Gasteiger partial charge in [-0.05, 0) is 31.3 Å². The molecule has 1 aromatic rings. The lowest BCUT2D eigenvalue weighted by Gasteiger charge is -2.26. The standard InChI is InChI=1S/C18H29N3O5S/c1-4-20(5-2)9-8-18(22)19-16-14-15(6-7-17(16)25-3)27(23,24)21-10-12-26-13-11-21/h6-7,14H,4-5,8-13H2,1-3H3,(H,19,22). The highest BCUT2D eigenvalue weighted by atomic mass is 32.2. The van der Waals surface area contributed by atoms with E-state index in [2.05, 4.69) is 10.2 Å². The third-order valence-electron chi connectivity index (χ3n) is 4.60. The van der Waals surface area contributed by atoms with Gasteiger partial charge < -0.3 is 19.7 Å². The summed E-state index contributed by atoms with van der Waals surface area (Å²) >= 11 is 0. The molecule has 1 aliphatic heterocycles. The van der Waals surface area contributed by atoms with Crippen LogP contribution in [-0.4, -0.2) is 76.6 Å². The van der Waals surface area contributed by atoms with E-state index in [1.165, 1.54) is 23.5 Å².